The van der Waals surface area contributed by atoms with Crippen LogP contribution in [0.5, 0.6) is 0 Å². The maximum absolute atomic E-state index is 13.0. The first-order valence-electron chi connectivity index (χ1n) is 3.81. The van der Waals surface area contributed by atoms with Crippen LogP contribution in [-0.2, 0) is 0 Å². The van der Waals surface area contributed by atoms with Crippen molar-refractivity contribution in [3.63, 3.8) is 0 Å². The van der Waals surface area contributed by atoms with Crippen LogP contribution < -0.4 is 5.46 Å². The maximum atomic E-state index is 13.0. The Hall–Kier alpha value is -1.53. The van der Waals surface area contributed by atoms with Crippen molar-refractivity contribution in [2.75, 3.05) is 0 Å². The van der Waals surface area contributed by atoms with Crippen LogP contribution in [0.3, 0.4) is 0 Å². The van der Waals surface area contributed by atoms with Gasteiger partial charge in [0.15, 0.2) is 0 Å². The van der Waals surface area contributed by atoms with Gasteiger partial charge in [-0.3, -0.25) is 5.10 Å². The van der Waals surface area contributed by atoms with Gasteiger partial charge in [0.2, 0.25) is 0 Å². The number of nitrogens with one attached hydrogen (secondary N) is 1. The first-order valence-corrected chi connectivity index (χ1v) is 3.81. The van der Waals surface area contributed by atoms with Crippen molar-refractivity contribution in [1.82, 2.24) is 10.2 Å². The minimum absolute atomic E-state index is 0.00574. The molecular formula is C7H4BF4N2-. The van der Waals surface area contributed by atoms with E-state index in [0.717, 1.165) is 12.3 Å². The van der Waals surface area contributed by atoms with E-state index in [-0.39, 0.29) is 10.9 Å². The van der Waals surface area contributed by atoms with Crippen LogP contribution in [0.15, 0.2) is 18.3 Å². The third-order valence-electron chi connectivity index (χ3n) is 1.90. The lowest BCUT2D eigenvalue weighted by molar-refractivity contribution is 0.500. The Balaban J connectivity index is 2.70. The fraction of sp³-hybridized carbons (Fsp3) is 0. The minimum Gasteiger partial charge on any atom is -0.445 e. The van der Waals surface area contributed by atoms with Crippen molar-refractivity contribution < 1.29 is 17.3 Å². The summed E-state index contributed by atoms with van der Waals surface area (Å²) in [5.74, 6) is -0.936. The van der Waals surface area contributed by atoms with Gasteiger partial charge in [0.25, 0.3) is 0 Å². The van der Waals surface area contributed by atoms with Crippen molar-refractivity contribution >= 4 is 23.3 Å². The summed E-state index contributed by atoms with van der Waals surface area (Å²) < 4.78 is 49.9. The molecule has 14 heavy (non-hydrogen) atoms. The van der Waals surface area contributed by atoms with Gasteiger partial charge in [0.1, 0.15) is 11.3 Å². The Morgan fingerprint density at radius 3 is 2.57 bits per heavy atom. The van der Waals surface area contributed by atoms with Gasteiger partial charge in [0.05, 0.1) is 6.20 Å². The summed E-state index contributed by atoms with van der Waals surface area (Å²) in [5.41, 5.74) is -0.954. The first-order chi connectivity index (χ1) is 6.48. The molecule has 2 nitrogen and oxygen atoms in total. The molecule has 0 fully saturated rings. The molecule has 0 spiro atoms. The van der Waals surface area contributed by atoms with Gasteiger partial charge >= 0.3 is 6.98 Å². The van der Waals surface area contributed by atoms with Gasteiger partial charge in [0, 0.05) is 5.39 Å². The van der Waals surface area contributed by atoms with E-state index >= 15 is 0 Å². The molecular weight excluding hydrogens is 199 g/mol. The fourth-order valence-corrected chi connectivity index (χ4v) is 1.22. The van der Waals surface area contributed by atoms with Crippen molar-refractivity contribution in [2.24, 2.45) is 0 Å². The van der Waals surface area contributed by atoms with E-state index in [1.807, 2.05) is 0 Å². The number of rotatable bonds is 1. The highest BCUT2D eigenvalue weighted by Gasteiger charge is 2.26. The number of benzene rings is 1. The molecule has 74 valence electrons. The van der Waals surface area contributed by atoms with E-state index < -0.39 is 18.3 Å². The fourth-order valence-electron chi connectivity index (χ4n) is 1.22. The molecule has 0 aliphatic heterocycles. The lowest BCUT2D eigenvalue weighted by Gasteiger charge is -2.14. The molecule has 0 radical (unpaired) electrons. The predicted octanol–water partition coefficient (Wildman–Crippen LogP) is 1.76. The smallest absolute Gasteiger partial charge is 0.445 e. The average Bonchev–Trinajstić information content (AvgIpc) is 2.50. The zero-order valence-corrected chi connectivity index (χ0v) is 6.77. The van der Waals surface area contributed by atoms with Gasteiger partial charge in [-0.2, -0.15) is 5.10 Å². The molecule has 1 aromatic heterocycles. The molecule has 0 unspecified atom stereocenters. The number of nitrogens with zero attached hydrogens (tertiary/aromatic N) is 1. The molecule has 0 aliphatic carbocycles. The minimum atomic E-state index is -5.17. The number of hydrogen-bond donors (Lipinski definition) is 1. The molecule has 2 rings (SSSR count). The number of fused-ring (bicyclic) bond motifs is 1. The molecule has 0 saturated heterocycles. The van der Waals surface area contributed by atoms with Crippen molar-refractivity contribution in [3.05, 3.63) is 24.1 Å². The normalized spacial score (nSPS) is 12.3. The van der Waals surface area contributed by atoms with Crippen LogP contribution in [0, 0.1) is 5.82 Å². The molecule has 0 aliphatic rings. The standard InChI is InChI=1S/C7H4BF4N2/c9-6-2-5(8(10,11)12)1-4-3-13-14-7(4)6/h1-3H,(H,13,14)/q-1. The maximum Gasteiger partial charge on any atom is 0.509 e. The lowest BCUT2D eigenvalue weighted by Crippen LogP contribution is -2.34. The molecule has 2 aromatic rings. The van der Waals surface area contributed by atoms with Gasteiger partial charge in [-0.25, -0.2) is 4.39 Å². The Morgan fingerprint density at radius 1 is 1.21 bits per heavy atom. The summed E-state index contributed by atoms with van der Waals surface area (Å²) in [6.07, 6.45) is 1.16. The number of H-pyrrole nitrogens is 1. The second-order valence-electron chi connectivity index (χ2n) is 2.91. The van der Waals surface area contributed by atoms with E-state index in [2.05, 4.69) is 10.2 Å². The first kappa shape index (κ1) is 9.05. The van der Waals surface area contributed by atoms with Crippen molar-refractivity contribution in [2.45, 2.75) is 0 Å². The Bertz CT molecular complexity index is 476. The second kappa shape index (κ2) is 2.73. The molecule has 0 amide bonds. The van der Waals surface area contributed by atoms with E-state index in [1.54, 1.807) is 0 Å². The van der Waals surface area contributed by atoms with E-state index in [1.165, 1.54) is 0 Å². The quantitative estimate of drug-likeness (QED) is 0.555. The summed E-state index contributed by atoms with van der Waals surface area (Å²) >= 11 is 0. The molecule has 1 N–H and O–H groups in total. The summed E-state index contributed by atoms with van der Waals surface area (Å²) in [5, 5.41) is 5.87. The largest absolute Gasteiger partial charge is 0.509 e. The monoisotopic (exact) mass is 203 g/mol. The number of aromatic nitrogens is 2. The molecule has 7 heteroatoms. The van der Waals surface area contributed by atoms with Gasteiger partial charge in [-0.1, -0.05) is 12.1 Å². The van der Waals surface area contributed by atoms with Crippen LogP contribution in [0.2, 0.25) is 0 Å². The van der Waals surface area contributed by atoms with Crippen molar-refractivity contribution in [1.29, 1.82) is 0 Å². The van der Waals surface area contributed by atoms with Gasteiger partial charge in [-0.15, -0.1) is 5.46 Å². The number of aromatic amines is 1. The topological polar surface area (TPSA) is 28.7 Å². The van der Waals surface area contributed by atoms with Crippen molar-refractivity contribution in [3.8, 4) is 0 Å². The van der Waals surface area contributed by atoms with Gasteiger partial charge < -0.3 is 12.9 Å². The third kappa shape index (κ3) is 1.34. The Morgan fingerprint density at radius 2 is 1.93 bits per heavy atom. The highest BCUT2D eigenvalue weighted by molar-refractivity contribution is 6.73. The highest BCUT2D eigenvalue weighted by atomic mass is 19.4. The van der Waals surface area contributed by atoms with Crippen LogP contribution in [0.25, 0.3) is 10.9 Å². The zero-order chi connectivity index (χ0) is 10.3. The van der Waals surface area contributed by atoms with Crippen LogP contribution in [0.1, 0.15) is 0 Å². The lowest BCUT2D eigenvalue weighted by atomic mass is 9.79. The predicted molar refractivity (Wildman–Crippen MR) is 44.8 cm³/mol. The van der Waals surface area contributed by atoms with Crippen LogP contribution >= 0.6 is 0 Å². The molecule has 1 aromatic carbocycles. The summed E-state index contributed by atoms with van der Waals surface area (Å²) in [6, 6.07) is 1.35. The van der Waals surface area contributed by atoms with E-state index in [9.17, 15) is 17.3 Å². The Kier molecular flexibility index (Phi) is 1.76. The zero-order valence-electron chi connectivity index (χ0n) is 6.77. The molecule has 0 atom stereocenters. The summed E-state index contributed by atoms with van der Waals surface area (Å²) in [6.45, 7) is -5.17. The molecule has 0 bridgehead atoms. The number of halogens is 4. The van der Waals surface area contributed by atoms with E-state index in [0.29, 0.717) is 6.07 Å². The Labute approximate surface area is 76.0 Å². The van der Waals surface area contributed by atoms with Crippen LogP contribution in [-0.4, -0.2) is 17.2 Å². The highest BCUT2D eigenvalue weighted by Crippen LogP contribution is 2.17. The third-order valence-corrected chi connectivity index (χ3v) is 1.90. The second-order valence-corrected chi connectivity index (χ2v) is 2.91. The molecule has 1 heterocycles. The average molecular weight is 203 g/mol. The van der Waals surface area contributed by atoms with Gasteiger partial charge in [-0.05, 0) is 0 Å². The number of hydrogen-bond acceptors (Lipinski definition) is 1. The SMILES string of the molecule is Fc1cc([B-](F)(F)F)cc2cn[nH]c12. The molecule has 0 saturated carbocycles. The summed E-state index contributed by atoms with van der Waals surface area (Å²) in [4.78, 5) is 0. The van der Waals surface area contributed by atoms with E-state index in [4.69, 9.17) is 0 Å². The van der Waals surface area contributed by atoms with Crippen LogP contribution in [0.4, 0.5) is 17.3 Å². The summed E-state index contributed by atoms with van der Waals surface area (Å²) in [7, 11) is 0.